The van der Waals surface area contributed by atoms with Crippen LogP contribution in [0.5, 0.6) is 0 Å². The first kappa shape index (κ1) is 23.0. The smallest absolute Gasteiger partial charge is 0.104 e. The molecule has 0 atom stereocenters. The van der Waals surface area contributed by atoms with Crippen LogP contribution in [0.2, 0.25) is 0 Å². The second-order valence-corrected chi connectivity index (χ2v) is 6.78. The molecular weight excluding hydrogens is 350 g/mol. The average Bonchev–Trinajstić information content (AvgIpc) is 3.08. The summed E-state index contributed by atoms with van der Waals surface area (Å²) in [5.41, 5.74) is 5.20. The van der Waals surface area contributed by atoms with E-state index in [4.69, 9.17) is 9.73 Å². The Morgan fingerprint density at radius 1 is 1.25 bits per heavy atom. The Morgan fingerprint density at radius 3 is 2.36 bits per heavy atom. The molecule has 152 valence electrons. The van der Waals surface area contributed by atoms with Crippen LogP contribution in [-0.2, 0) is 4.74 Å². The number of imidazole rings is 1. The van der Waals surface area contributed by atoms with Crippen LogP contribution in [0.15, 0.2) is 64.8 Å². The Balaban J connectivity index is 3.39. The topological polar surface area (TPSA) is 65.5 Å². The lowest BCUT2D eigenvalue weighted by molar-refractivity contribution is 0.289. The molecule has 28 heavy (non-hydrogen) atoms. The third-order valence-electron chi connectivity index (χ3n) is 4.22. The Hall–Kier alpha value is -3.02. The second kappa shape index (κ2) is 10.3. The third kappa shape index (κ3) is 6.30. The SMILES string of the molecule is C=CC(=C\N(C)C)/C(C)=C(\N=C(/C)NC(=C)c1c[nH]c(C)n1)C(/C)=C(\C)OC. The molecule has 0 aromatic carbocycles. The number of aromatic amines is 1. The molecule has 0 aliphatic heterocycles. The Bertz CT molecular complexity index is 850. The highest BCUT2D eigenvalue weighted by Gasteiger charge is 2.12. The van der Waals surface area contributed by atoms with Crippen LogP contribution in [0.4, 0.5) is 0 Å². The van der Waals surface area contributed by atoms with Crippen molar-refractivity contribution in [1.29, 1.82) is 0 Å². The standard InChI is InChI=1S/C22H33N5O/c1-11-20(13-27(8)9)15(3)22(14(2)17(5)28-10)26-19(7)24-16(4)21-12-23-18(6)25-21/h11-13H,1,4H2,2-3,5-10H3,(H,23,25)(H,24,26)/b17-14+,20-13+,22-15-. The molecule has 0 amide bonds. The van der Waals surface area contributed by atoms with E-state index in [2.05, 4.69) is 28.4 Å². The number of ether oxygens (including phenoxy) is 1. The first-order chi connectivity index (χ1) is 13.1. The number of nitrogens with zero attached hydrogens (tertiary/aromatic N) is 3. The number of hydrogen-bond acceptors (Lipinski definition) is 4. The number of H-pyrrole nitrogens is 1. The molecule has 0 saturated carbocycles. The van der Waals surface area contributed by atoms with Gasteiger partial charge in [0.25, 0.3) is 0 Å². The first-order valence-electron chi connectivity index (χ1n) is 9.08. The van der Waals surface area contributed by atoms with Gasteiger partial charge >= 0.3 is 0 Å². The van der Waals surface area contributed by atoms with E-state index in [1.165, 1.54) is 0 Å². The molecule has 1 aromatic rings. The molecule has 1 heterocycles. The zero-order valence-corrected chi connectivity index (χ0v) is 18.4. The Kier molecular flexibility index (Phi) is 8.51. The van der Waals surface area contributed by atoms with Crippen molar-refractivity contribution in [2.24, 2.45) is 4.99 Å². The van der Waals surface area contributed by atoms with Crippen LogP contribution < -0.4 is 5.32 Å². The van der Waals surface area contributed by atoms with Crippen molar-refractivity contribution >= 4 is 11.5 Å². The van der Waals surface area contributed by atoms with E-state index in [1.807, 2.05) is 72.1 Å². The quantitative estimate of drug-likeness (QED) is 0.299. The summed E-state index contributed by atoms with van der Waals surface area (Å²) >= 11 is 0. The zero-order chi connectivity index (χ0) is 21.4. The Labute approximate surface area is 169 Å². The van der Waals surface area contributed by atoms with Crippen LogP contribution in [0, 0.1) is 6.92 Å². The number of hydrogen-bond donors (Lipinski definition) is 2. The third-order valence-corrected chi connectivity index (χ3v) is 4.22. The summed E-state index contributed by atoms with van der Waals surface area (Å²) in [4.78, 5) is 14.3. The molecule has 1 rings (SSSR count). The van der Waals surface area contributed by atoms with Gasteiger partial charge in [-0.2, -0.15) is 0 Å². The van der Waals surface area contributed by atoms with Crippen molar-refractivity contribution < 1.29 is 4.74 Å². The highest BCUT2D eigenvalue weighted by Crippen LogP contribution is 2.25. The highest BCUT2D eigenvalue weighted by atomic mass is 16.5. The molecule has 1 aromatic heterocycles. The fourth-order valence-electron chi connectivity index (χ4n) is 2.54. The van der Waals surface area contributed by atoms with Crippen LogP contribution in [-0.4, -0.2) is 41.9 Å². The van der Waals surface area contributed by atoms with Crippen LogP contribution >= 0.6 is 0 Å². The molecule has 0 bridgehead atoms. The van der Waals surface area contributed by atoms with Crippen molar-refractivity contribution in [1.82, 2.24) is 20.2 Å². The molecule has 6 nitrogen and oxygen atoms in total. The first-order valence-corrected chi connectivity index (χ1v) is 9.08. The minimum atomic E-state index is 0.681. The summed E-state index contributed by atoms with van der Waals surface area (Å²) in [5.74, 6) is 2.35. The lowest BCUT2D eigenvalue weighted by Crippen LogP contribution is -2.19. The molecule has 0 aliphatic carbocycles. The van der Waals surface area contributed by atoms with E-state index in [-0.39, 0.29) is 0 Å². The summed E-state index contributed by atoms with van der Waals surface area (Å²) in [6.45, 7) is 17.8. The van der Waals surface area contributed by atoms with Gasteiger partial charge in [-0.05, 0) is 45.8 Å². The number of aryl methyl sites for hydroxylation is 1. The summed E-state index contributed by atoms with van der Waals surface area (Å²) in [7, 11) is 5.61. The number of aromatic nitrogens is 2. The minimum Gasteiger partial charge on any atom is -0.501 e. The van der Waals surface area contributed by atoms with E-state index < -0.39 is 0 Å². The van der Waals surface area contributed by atoms with Gasteiger partial charge in [-0.1, -0.05) is 19.2 Å². The summed E-state index contributed by atoms with van der Waals surface area (Å²) < 4.78 is 5.44. The van der Waals surface area contributed by atoms with Gasteiger partial charge in [-0.3, -0.25) is 0 Å². The predicted octanol–water partition coefficient (Wildman–Crippen LogP) is 4.54. The zero-order valence-electron chi connectivity index (χ0n) is 18.4. The number of rotatable bonds is 8. The van der Waals surface area contributed by atoms with E-state index in [9.17, 15) is 0 Å². The van der Waals surface area contributed by atoms with Crippen molar-refractivity contribution in [3.05, 3.63) is 71.3 Å². The fraction of sp³-hybridized carbons (Fsp3) is 0.364. The number of allylic oxidation sites excluding steroid dienone is 5. The van der Waals surface area contributed by atoms with Gasteiger partial charge in [0, 0.05) is 32.1 Å². The molecule has 6 heteroatoms. The molecule has 0 unspecified atom stereocenters. The van der Waals surface area contributed by atoms with Crippen LogP contribution in [0.3, 0.4) is 0 Å². The number of aliphatic imine (C=N–C) groups is 1. The normalized spacial score (nSPS) is 14.1. The van der Waals surface area contributed by atoms with E-state index in [1.54, 1.807) is 7.11 Å². The summed E-state index contributed by atoms with van der Waals surface area (Å²) in [6.07, 6.45) is 5.66. The maximum Gasteiger partial charge on any atom is 0.104 e. The van der Waals surface area contributed by atoms with Gasteiger partial charge in [0.1, 0.15) is 17.4 Å². The lowest BCUT2D eigenvalue weighted by atomic mass is 10.0. The maximum atomic E-state index is 5.44. The molecule has 0 spiro atoms. The molecular formula is C22H33N5O. The van der Waals surface area contributed by atoms with Crippen molar-refractivity contribution in [2.45, 2.75) is 34.6 Å². The van der Waals surface area contributed by atoms with Crippen LogP contribution in [0.25, 0.3) is 5.70 Å². The van der Waals surface area contributed by atoms with Gasteiger partial charge in [-0.25, -0.2) is 9.98 Å². The molecule has 0 saturated heterocycles. The monoisotopic (exact) mass is 383 g/mol. The highest BCUT2D eigenvalue weighted by molar-refractivity contribution is 5.89. The second-order valence-electron chi connectivity index (χ2n) is 6.78. The van der Waals surface area contributed by atoms with Crippen LogP contribution in [0.1, 0.15) is 39.2 Å². The molecule has 0 aliphatic rings. The van der Waals surface area contributed by atoms with Gasteiger partial charge in [0.15, 0.2) is 0 Å². The predicted molar refractivity (Wildman–Crippen MR) is 119 cm³/mol. The minimum absolute atomic E-state index is 0.681. The summed E-state index contributed by atoms with van der Waals surface area (Å²) in [6, 6.07) is 0. The Morgan fingerprint density at radius 2 is 1.89 bits per heavy atom. The van der Waals surface area contributed by atoms with Gasteiger partial charge in [0.2, 0.25) is 0 Å². The molecule has 0 fully saturated rings. The number of amidine groups is 1. The lowest BCUT2D eigenvalue weighted by Gasteiger charge is -2.16. The molecule has 0 radical (unpaired) electrons. The number of methoxy groups -OCH3 is 1. The van der Waals surface area contributed by atoms with Crippen molar-refractivity contribution in [3.8, 4) is 0 Å². The molecule has 2 N–H and O–H groups in total. The van der Waals surface area contributed by atoms with E-state index in [0.717, 1.165) is 39.7 Å². The van der Waals surface area contributed by atoms with Gasteiger partial charge in [-0.15, -0.1) is 0 Å². The van der Waals surface area contributed by atoms with Gasteiger partial charge in [0.05, 0.1) is 24.3 Å². The van der Waals surface area contributed by atoms with Gasteiger partial charge < -0.3 is 19.9 Å². The van der Waals surface area contributed by atoms with E-state index in [0.29, 0.717) is 11.5 Å². The maximum absolute atomic E-state index is 5.44. The number of nitrogens with one attached hydrogen (secondary N) is 2. The van der Waals surface area contributed by atoms with Crippen molar-refractivity contribution in [3.63, 3.8) is 0 Å². The fourth-order valence-corrected chi connectivity index (χ4v) is 2.54. The van der Waals surface area contributed by atoms with E-state index >= 15 is 0 Å². The summed E-state index contributed by atoms with van der Waals surface area (Å²) in [5, 5.41) is 3.22. The van der Waals surface area contributed by atoms with Crippen molar-refractivity contribution in [2.75, 3.05) is 21.2 Å². The average molecular weight is 384 g/mol. The largest absolute Gasteiger partial charge is 0.501 e.